The van der Waals surface area contributed by atoms with E-state index in [1.165, 1.54) is 11.1 Å². The minimum Gasteiger partial charge on any atom is -0.421 e. The first-order chi connectivity index (χ1) is 11.4. The Hall–Kier alpha value is -3.10. The standard InChI is InChI=1S/C15H14F2N4O3/c1-9(21-6-5-13(22)20-15(21)23)8-19-14(18-2)24-12-4-3-10(16)7-11(12)17/h3-4,7-8H,2,5-6H2,1H3,(H,20,22,23)/b9-8+,19-14?. The van der Waals surface area contributed by atoms with E-state index in [2.05, 4.69) is 22.0 Å². The smallest absolute Gasteiger partial charge is 0.328 e. The number of nitrogens with one attached hydrogen (secondary N) is 1. The van der Waals surface area contributed by atoms with Crippen molar-refractivity contribution >= 4 is 24.7 Å². The van der Waals surface area contributed by atoms with Crippen LogP contribution in [0.1, 0.15) is 13.3 Å². The topological polar surface area (TPSA) is 83.4 Å². The van der Waals surface area contributed by atoms with Gasteiger partial charge in [-0.15, -0.1) is 0 Å². The van der Waals surface area contributed by atoms with Gasteiger partial charge in [0.25, 0.3) is 0 Å². The second kappa shape index (κ2) is 7.44. The molecule has 0 saturated carbocycles. The number of benzene rings is 1. The average Bonchev–Trinajstić information content (AvgIpc) is 2.53. The Kier molecular flexibility index (Phi) is 5.35. The third-order valence-electron chi connectivity index (χ3n) is 3.07. The number of amidine groups is 1. The van der Waals surface area contributed by atoms with E-state index < -0.39 is 17.7 Å². The second-order valence-corrected chi connectivity index (χ2v) is 4.77. The van der Waals surface area contributed by atoms with Gasteiger partial charge in [-0.2, -0.15) is 0 Å². The Bertz CT molecular complexity index is 746. The van der Waals surface area contributed by atoms with E-state index in [9.17, 15) is 18.4 Å². The lowest BCUT2D eigenvalue weighted by atomic mass is 10.3. The molecule has 0 bridgehead atoms. The molecule has 0 radical (unpaired) electrons. The maximum atomic E-state index is 13.5. The quantitative estimate of drug-likeness (QED) is 0.678. The molecule has 1 fully saturated rings. The number of carbonyl (C=O) groups is 2. The highest BCUT2D eigenvalue weighted by atomic mass is 19.1. The molecule has 1 saturated heterocycles. The molecule has 1 heterocycles. The maximum absolute atomic E-state index is 13.5. The van der Waals surface area contributed by atoms with Gasteiger partial charge in [0, 0.05) is 24.7 Å². The summed E-state index contributed by atoms with van der Waals surface area (Å²) in [7, 11) is 0. The Morgan fingerprint density at radius 2 is 2.17 bits per heavy atom. The van der Waals surface area contributed by atoms with E-state index >= 15 is 0 Å². The van der Waals surface area contributed by atoms with Crippen LogP contribution in [0.15, 0.2) is 40.1 Å². The van der Waals surface area contributed by atoms with Gasteiger partial charge in [0.15, 0.2) is 11.6 Å². The summed E-state index contributed by atoms with van der Waals surface area (Å²) < 4.78 is 31.5. The normalized spacial score (nSPS) is 16.0. The van der Waals surface area contributed by atoms with Crippen molar-refractivity contribution in [1.29, 1.82) is 0 Å². The van der Waals surface area contributed by atoms with Gasteiger partial charge in [-0.05, 0) is 25.8 Å². The number of aliphatic imine (C=N–C) groups is 2. The van der Waals surface area contributed by atoms with Crippen LogP contribution in [0.2, 0.25) is 0 Å². The summed E-state index contributed by atoms with van der Waals surface area (Å²) in [4.78, 5) is 31.5. The van der Waals surface area contributed by atoms with Gasteiger partial charge in [0.1, 0.15) is 5.82 Å². The molecule has 126 valence electrons. The summed E-state index contributed by atoms with van der Waals surface area (Å²) in [5.74, 6) is -2.28. The minimum atomic E-state index is -0.916. The van der Waals surface area contributed by atoms with Crippen molar-refractivity contribution in [2.24, 2.45) is 9.98 Å². The van der Waals surface area contributed by atoms with Gasteiger partial charge in [0.2, 0.25) is 5.91 Å². The monoisotopic (exact) mass is 336 g/mol. The van der Waals surface area contributed by atoms with E-state index in [0.717, 1.165) is 12.1 Å². The molecule has 1 N–H and O–H groups in total. The summed E-state index contributed by atoms with van der Waals surface area (Å²) in [6.45, 7) is 5.06. The molecule has 3 amide bonds. The van der Waals surface area contributed by atoms with Crippen molar-refractivity contribution in [2.45, 2.75) is 13.3 Å². The molecule has 2 rings (SSSR count). The zero-order valence-electron chi connectivity index (χ0n) is 12.8. The van der Waals surface area contributed by atoms with Crippen molar-refractivity contribution in [1.82, 2.24) is 10.2 Å². The first-order valence-corrected chi connectivity index (χ1v) is 6.86. The number of rotatable bonds is 3. The number of urea groups is 1. The molecule has 1 aromatic carbocycles. The lowest BCUT2D eigenvalue weighted by molar-refractivity contribution is -0.121. The highest BCUT2D eigenvalue weighted by Crippen LogP contribution is 2.18. The fourth-order valence-electron chi connectivity index (χ4n) is 1.87. The minimum absolute atomic E-state index is 0.171. The van der Waals surface area contributed by atoms with Crippen LogP contribution in [-0.4, -0.2) is 36.1 Å². The number of hydrogen-bond acceptors (Lipinski definition) is 4. The summed E-state index contributed by atoms with van der Waals surface area (Å²) in [5.41, 5.74) is 0.421. The molecule has 0 unspecified atom stereocenters. The van der Waals surface area contributed by atoms with E-state index in [1.54, 1.807) is 6.92 Å². The van der Waals surface area contributed by atoms with Gasteiger partial charge in [-0.1, -0.05) is 0 Å². The molecular formula is C15H14F2N4O3. The summed E-state index contributed by atoms with van der Waals surface area (Å²) in [6.07, 6.45) is 1.44. The van der Waals surface area contributed by atoms with Crippen molar-refractivity contribution in [3.63, 3.8) is 0 Å². The van der Waals surface area contributed by atoms with Crippen LogP contribution < -0.4 is 10.1 Å². The van der Waals surface area contributed by atoms with Gasteiger partial charge < -0.3 is 4.74 Å². The van der Waals surface area contributed by atoms with Crippen LogP contribution in [0.5, 0.6) is 5.75 Å². The fourth-order valence-corrected chi connectivity index (χ4v) is 1.87. The predicted octanol–water partition coefficient (Wildman–Crippen LogP) is 2.20. The highest BCUT2D eigenvalue weighted by molar-refractivity contribution is 5.97. The van der Waals surface area contributed by atoms with E-state index in [1.807, 2.05) is 0 Å². The molecule has 1 aliphatic rings. The Labute approximate surface area is 136 Å². The number of allylic oxidation sites excluding steroid dienone is 1. The number of imide groups is 1. The molecule has 1 aromatic rings. The van der Waals surface area contributed by atoms with Gasteiger partial charge in [0.05, 0.1) is 6.20 Å². The molecule has 0 atom stereocenters. The molecule has 0 spiro atoms. The third-order valence-corrected chi connectivity index (χ3v) is 3.07. The molecule has 9 heteroatoms. The zero-order valence-corrected chi connectivity index (χ0v) is 12.8. The number of nitrogens with zero attached hydrogens (tertiary/aromatic N) is 3. The van der Waals surface area contributed by atoms with Crippen LogP contribution in [0.25, 0.3) is 0 Å². The first-order valence-electron chi connectivity index (χ1n) is 6.86. The van der Waals surface area contributed by atoms with Crippen molar-refractivity contribution in [2.75, 3.05) is 6.54 Å². The SMILES string of the molecule is C=NC(=N/C=C(\C)N1CCC(=O)NC1=O)Oc1ccc(F)cc1F. The number of amides is 3. The maximum Gasteiger partial charge on any atom is 0.328 e. The highest BCUT2D eigenvalue weighted by Gasteiger charge is 2.23. The number of halogens is 2. The largest absolute Gasteiger partial charge is 0.421 e. The Balaban J connectivity index is 2.13. The first kappa shape index (κ1) is 17.3. The summed E-state index contributed by atoms with van der Waals surface area (Å²) >= 11 is 0. The Morgan fingerprint density at radius 3 is 2.79 bits per heavy atom. The molecule has 0 aliphatic carbocycles. The average molecular weight is 336 g/mol. The van der Waals surface area contributed by atoms with Crippen LogP contribution in [0.3, 0.4) is 0 Å². The Morgan fingerprint density at radius 1 is 1.42 bits per heavy atom. The number of carbonyl (C=O) groups excluding carboxylic acids is 2. The molecule has 0 aromatic heterocycles. The van der Waals surface area contributed by atoms with E-state index in [4.69, 9.17) is 4.74 Å². The van der Waals surface area contributed by atoms with Crippen LogP contribution in [0, 0.1) is 11.6 Å². The van der Waals surface area contributed by atoms with Gasteiger partial charge >= 0.3 is 12.1 Å². The van der Waals surface area contributed by atoms with Crippen molar-refractivity contribution < 1.29 is 23.1 Å². The van der Waals surface area contributed by atoms with Crippen molar-refractivity contribution in [3.8, 4) is 5.75 Å². The second-order valence-electron chi connectivity index (χ2n) is 4.77. The van der Waals surface area contributed by atoms with Gasteiger partial charge in [-0.25, -0.2) is 23.6 Å². The molecule has 1 aliphatic heterocycles. The van der Waals surface area contributed by atoms with E-state index in [0.29, 0.717) is 11.8 Å². The van der Waals surface area contributed by atoms with Gasteiger partial charge in [-0.3, -0.25) is 15.0 Å². The fraction of sp³-hybridized carbons (Fsp3) is 0.200. The predicted molar refractivity (Wildman–Crippen MR) is 82.6 cm³/mol. The van der Waals surface area contributed by atoms with Crippen LogP contribution in [-0.2, 0) is 4.79 Å². The lowest BCUT2D eigenvalue weighted by Crippen LogP contribution is -2.48. The van der Waals surface area contributed by atoms with Crippen LogP contribution >= 0.6 is 0 Å². The van der Waals surface area contributed by atoms with E-state index in [-0.39, 0.29) is 30.6 Å². The number of ether oxygens (including phenoxy) is 1. The zero-order chi connectivity index (χ0) is 17.7. The summed E-state index contributed by atoms with van der Waals surface area (Å²) in [5, 5.41) is 2.17. The molecule has 7 nitrogen and oxygen atoms in total. The molecular weight excluding hydrogens is 322 g/mol. The third kappa shape index (κ3) is 4.22. The van der Waals surface area contributed by atoms with Crippen molar-refractivity contribution in [3.05, 3.63) is 41.7 Å². The lowest BCUT2D eigenvalue weighted by Gasteiger charge is -2.26. The summed E-state index contributed by atoms with van der Waals surface area (Å²) in [6, 6.07) is 1.93. The number of hydrogen-bond donors (Lipinski definition) is 1. The molecule has 24 heavy (non-hydrogen) atoms. The van der Waals surface area contributed by atoms with Crippen LogP contribution in [0.4, 0.5) is 13.6 Å².